The first-order chi connectivity index (χ1) is 31.6. The van der Waals surface area contributed by atoms with Crippen LogP contribution in [0.2, 0.25) is 0 Å². The minimum Gasteiger partial charge on any atom is -0.457 e. The predicted molar refractivity (Wildman–Crippen MR) is 251 cm³/mol. The summed E-state index contributed by atoms with van der Waals surface area (Å²) in [5, 5.41) is 72.0. The first-order valence-electron chi connectivity index (χ1n) is 23.8. The molecule has 0 aromatic heterocycles. The summed E-state index contributed by atoms with van der Waals surface area (Å²) in [5.74, 6) is -0.446. The maximum Gasteiger partial charge on any atom is 0.306 e. The number of aliphatic hydroxyl groups is 7. The summed E-state index contributed by atoms with van der Waals surface area (Å²) < 4.78 is 34.1. The number of esters is 1. The number of hydrogen-bond donors (Lipinski definition) is 7. The van der Waals surface area contributed by atoms with E-state index in [9.17, 15) is 40.5 Å². The van der Waals surface area contributed by atoms with Gasteiger partial charge in [-0.15, -0.1) is 0 Å². The molecule has 2 aliphatic rings. The molecular formula is C51H82O14. The van der Waals surface area contributed by atoms with Gasteiger partial charge in [-0.3, -0.25) is 4.79 Å². The van der Waals surface area contributed by atoms with Crippen molar-refractivity contribution in [3.63, 3.8) is 0 Å². The molecule has 7 N–H and O–H groups in total. The predicted octanol–water partition coefficient (Wildman–Crippen LogP) is 6.29. The zero-order valence-electron chi connectivity index (χ0n) is 38.9. The van der Waals surface area contributed by atoms with E-state index in [-0.39, 0.29) is 19.6 Å². The van der Waals surface area contributed by atoms with Gasteiger partial charge >= 0.3 is 5.97 Å². The van der Waals surface area contributed by atoms with Crippen LogP contribution in [-0.2, 0) is 33.2 Å². The Morgan fingerprint density at radius 3 is 1.48 bits per heavy atom. The van der Waals surface area contributed by atoms with E-state index in [1.54, 1.807) is 0 Å². The zero-order valence-corrected chi connectivity index (χ0v) is 38.9. The van der Waals surface area contributed by atoms with E-state index in [0.717, 1.165) is 83.5 Å². The van der Waals surface area contributed by atoms with Crippen molar-refractivity contribution >= 4 is 5.97 Å². The van der Waals surface area contributed by atoms with Crippen LogP contribution in [0.25, 0.3) is 0 Å². The molecule has 2 aliphatic heterocycles. The van der Waals surface area contributed by atoms with Crippen molar-refractivity contribution in [3.05, 3.63) is 97.2 Å². The lowest BCUT2D eigenvalue weighted by molar-refractivity contribution is -0.332. The quantitative estimate of drug-likeness (QED) is 0.0212. The van der Waals surface area contributed by atoms with Crippen molar-refractivity contribution in [1.29, 1.82) is 0 Å². The van der Waals surface area contributed by atoms with E-state index in [1.807, 2.05) is 6.08 Å². The van der Waals surface area contributed by atoms with Crippen LogP contribution in [0.1, 0.15) is 117 Å². The van der Waals surface area contributed by atoms with Gasteiger partial charge in [-0.1, -0.05) is 124 Å². The van der Waals surface area contributed by atoms with Gasteiger partial charge in [-0.25, -0.2) is 0 Å². The van der Waals surface area contributed by atoms with E-state index in [4.69, 9.17) is 28.4 Å². The average molecular weight is 919 g/mol. The van der Waals surface area contributed by atoms with Crippen LogP contribution < -0.4 is 0 Å². The van der Waals surface area contributed by atoms with Crippen LogP contribution in [0.5, 0.6) is 0 Å². The first kappa shape index (κ1) is 58.0. The van der Waals surface area contributed by atoms with Crippen molar-refractivity contribution in [1.82, 2.24) is 0 Å². The van der Waals surface area contributed by atoms with Gasteiger partial charge in [0.15, 0.2) is 12.6 Å². The summed E-state index contributed by atoms with van der Waals surface area (Å²) >= 11 is 0. The molecule has 65 heavy (non-hydrogen) atoms. The Kier molecular flexibility index (Phi) is 33.9. The van der Waals surface area contributed by atoms with Crippen LogP contribution in [-0.4, -0.2) is 142 Å². The van der Waals surface area contributed by atoms with Crippen LogP contribution in [0, 0.1) is 0 Å². The fourth-order valence-corrected chi connectivity index (χ4v) is 6.74. The highest BCUT2D eigenvalue weighted by atomic mass is 16.7. The number of rotatable bonds is 35. The monoisotopic (exact) mass is 919 g/mol. The second-order valence-corrected chi connectivity index (χ2v) is 16.2. The van der Waals surface area contributed by atoms with Gasteiger partial charge in [0.2, 0.25) is 0 Å². The topological polar surface area (TPSA) is 214 Å². The Balaban J connectivity index is 1.84. The molecule has 2 fully saturated rings. The highest BCUT2D eigenvalue weighted by Gasteiger charge is 2.47. The smallest absolute Gasteiger partial charge is 0.306 e. The summed E-state index contributed by atoms with van der Waals surface area (Å²) in [4.78, 5) is 13.0. The summed E-state index contributed by atoms with van der Waals surface area (Å²) in [6.45, 7) is 3.28. The number of ether oxygens (including phenoxy) is 6. The molecule has 11 atom stereocenters. The summed E-state index contributed by atoms with van der Waals surface area (Å²) in [6, 6.07) is 0. The largest absolute Gasteiger partial charge is 0.457 e. The lowest BCUT2D eigenvalue weighted by Gasteiger charge is -2.42. The molecule has 0 amide bonds. The molecular weight excluding hydrogens is 837 g/mol. The van der Waals surface area contributed by atoms with Crippen molar-refractivity contribution in [2.24, 2.45) is 0 Å². The fraction of sp³-hybridized carbons (Fsp3) is 0.667. The van der Waals surface area contributed by atoms with E-state index < -0.39 is 86.7 Å². The molecule has 0 aromatic carbocycles. The third-order valence-electron chi connectivity index (χ3n) is 10.6. The van der Waals surface area contributed by atoms with Crippen molar-refractivity contribution in [2.45, 2.75) is 184 Å². The summed E-state index contributed by atoms with van der Waals surface area (Å²) in [5.41, 5.74) is 0. The number of allylic oxidation sites excluding steroid dienone is 16. The molecule has 0 aromatic rings. The van der Waals surface area contributed by atoms with Gasteiger partial charge in [0, 0.05) is 13.0 Å². The van der Waals surface area contributed by atoms with Crippen molar-refractivity contribution in [2.75, 3.05) is 33.0 Å². The van der Waals surface area contributed by atoms with Gasteiger partial charge < -0.3 is 64.2 Å². The minimum absolute atomic E-state index is 0.0165. The number of carbonyl (C=O) groups excluding carboxylic acids is 1. The Bertz CT molecular complexity index is 1440. The number of hydrogen-bond acceptors (Lipinski definition) is 14. The normalized spacial score (nSPS) is 27.4. The molecule has 0 spiro atoms. The minimum atomic E-state index is -1.73. The van der Waals surface area contributed by atoms with Gasteiger partial charge in [-0.2, -0.15) is 0 Å². The molecule has 0 aliphatic carbocycles. The van der Waals surface area contributed by atoms with Gasteiger partial charge in [0.1, 0.15) is 54.9 Å². The second-order valence-electron chi connectivity index (χ2n) is 16.2. The van der Waals surface area contributed by atoms with Crippen LogP contribution >= 0.6 is 0 Å². The Morgan fingerprint density at radius 1 is 0.508 bits per heavy atom. The van der Waals surface area contributed by atoms with E-state index in [2.05, 4.69) is 105 Å². The maximum absolute atomic E-state index is 13.0. The summed E-state index contributed by atoms with van der Waals surface area (Å²) in [7, 11) is 0. The molecule has 0 radical (unpaired) electrons. The third kappa shape index (κ3) is 26.1. The Hall–Kier alpha value is -3.09. The van der Waals surface area contributed by atoms with Gasteiger partial charge in [0.25, 0.3) is 0 Å². The van der Waals surface area contributed by atoms with Crippen molar-refractivity contribution in [3.8, 4) is 0 Å². The highest BCUT2D eigenvalue weighted by Crippen LogP contribution is 2.26. The second kappa shape index (κ2) is 37.9. The maximum atomic E-state index is 13.0. The SMILES string of the molecule is CC/C=C\C/C=C\C/C=C\C/C=C\C/C=C\CCCC(=O)OC(COCCCCCC/C=C\C/C=C\C/C=C\CC)COC1OC(COC2OC(CO)C(O)C(O)C2O)C(O)C(O)C1O. The van der Waals surface area contributed by atoms with Crippen molar-refractivity contribution < 1.29 is 69.0 Å². The summed E-state index contributed by atoms with van der Waals surface area (Å²) in [6.07, 6.45) is 32.0. The van der Waals surface area contributed by atoms with E-state index in [1.165, 1.54) is 0 Å². The zero-order chi connectivity index (χ0) is 47.3. The molecule has 14 heteroatoms. The number of unbranched alkanes of at least 4 members (excludes halogenated alkanes) is 5. The molecule has 370 valence electrons. The van der Waals surface area contributed by atoms with E-state index >= 15 is 0 Å². The lowest BCUT2D eigenvalue weighted by atomic mass is 9.98. The molecule has 0 saturated carbocycles. The molecule has 0 bridgehead atoms. The third-order valence-corrected chi connectivity index (χ3v) is 10.6. The fourth-order valence-electron chi connectivity index (χ4n) is 6.74. The average Bonchev–Trinajstić information content (AvgIpc) is 3.30. The highest BCUT2D eigenvalue weighted by molar-refractivity contribution is 5.69. The van der Waals surface area contributed by atoms with Gasteiger partial charge in [-0.05, 0) is 83.5 Å². The molecule has 14 nitrogen and oxygen atoms in total. The standard InChI is InChI=1S/C51H82O14/c1-3-5-7-9-11-13-15-17-19-20-21-22-24-26-28-30-32-34-43(53)63-40(37-60-35-33-31-29-27-25-23-18-16-14-12-10-8-6-4-2)38-61-50-49(59)47(57)45(55)42(65-50)39-62-51-48(58)46(56)44(54)41(36-52)64-51/h5-8,11-14,17-19,21-23,26,28,40-42,44-52,54-59H,3-4,9-10,15-16,20,24-25,27,29-39H2,1-2H3/b7-5-,8-6-,13-11-,14-12-,19-17-,22-21-,23-18-,28-26-. The number of aliphatic hydroxyl groups excluding tert-OH is 7. The Labute approximate surface area is 388 Å². The number of carbonyl (C=O) groups is 1. The molecule has 11 unspecified atom stereocenters. The van der Waals surface area contributed by atoms with Crippen LogP contribution in [0.3, 0.4) is 0 Å². The van der Waals surface area contributed by atoms with Crippen LogP contribution in [0.4, 0.5) is 0 Å². The van der Waals surface area contributed by atoms with Crippen LogP contribution in [0.15, 0.2) is 97.2 Å². The Morgan fingerprint density at radius 2 is 0.954 bits per heavy atom. The molecule has 2 rings (SSSR count). The first-order valence-corrected chi connectivity index (χ1v) is 23.8. The molecule has 2 heterocycles. The van der Waals surface area contributed by atoms with Gasteiger partial charge in [0.05, 0.1) is 26.4 Å². The lowest BCUT2D eigenvalue weighted by Crippen LogP contribution is -2.61. The molecule has 2 saturated heterocycles. The van der Waals surface area contributed by atoms with E-state index in [0.29, 0.717) is 19.4 Å².